The number of benzene rings is 2. The van der Waals surface area contributed by atoms with Crippen LogP contribution in [0.4, 0.5) is 0 Å². The van der Waals surface area contributed by atoms with Gasteiger partial charge < -0.3 is 4.74 Å². The molecule has 0 heterocycles. The van der Waals surface area contributed by atoms with Crippen LogP contribution in [0.1, 0.15) is 21.5 Å². The number of hydrazine groups is 1. The van der Waals surface area contributed by atoms with Crippen molar-refractivity contribution in [1.82, 2.24) is 5.43 Å². The summed E-state index contributed by atoms with van der Waals surface area (Å²) in [7, 11) is 0. The predicted molar refractivity (Wildman–Crippen MR) is 81.3 cm³/mol. The Morgan fingerprint density at radius 2 is 2.05 bits per heavy atom. The van der Waals surface area contributed by atoms with E-state index in [9.17, 15) is 4.79 Å². The molecule has 0 aromatic heterocycles. The minimum atomic E-state index is -0.322. The van der Waals surface area contributed by atoms with Crippen molar-refractivity contribution in [2.45, 2.75) is 13.5 Å². The summed E-state index contributed by atoms with van der Waals surface area (Å²) in [5, 5.41) is 0. The highest BCUT2D eigenvalue weighted by Gasteiger charge is 2.08. The second-order valence-corrected chi connectivity index (χ2v) is 5.19. The number of hydrogen-bond acceptors (Lipinski definition) is 3. The van der Waals surface area contributed by atoms with Crippen LogP contribution in [0.25, 0.3) is 0 Å². The van der Waals surface area contributed by atoms with Crippen LogP contribution in [0.15, 0.2) is 46.9 Å². The molecule has 2 aromatic rings. The third-order valence-electron chi connectivity index (χ3n) is 2.92. The highest BCUT2D eigenvalue weighted by molar-refractivity contribution is 9.10. The van der Waals surface area contributed by atoms with Crippen LogP contribution < -0.4 is 16.0 Å². The van der Waals surface area contributed by atoms with Gasteiger partial charge in [-0.15, -0.1) is 0 Å². The number of carbonyl (C=O) groups is 1. The summed E-state index contributed by atoms with van der Waals surface area (Å²) in [5.74, 6) is 5.63. The Kier molecular flexibility index (Phi) is 4.76. The van der Waals surface area contributed by atoms with E-state index in [0.29, 0.717) is 12.2 Å². The van der Waals surface area contributed by atoms with E-state index in [-0.39, 0.29) is 5.91 Å². The van der Waals surface area contributed by atoms with E-state index in [2.05, 4.69) is 21.4 Å². The van der Waals surface area contributed by atoms with Gasteiger partial charge in [-0.2, -0.15) is 0 Å². The Morgan fingerprint density at radius 3 is 2.70 bits per heavy atom. The number of rotatable bonds is 4. The van der Waals surface area contributed by atoms with Crippen LogP contribution in [0, 0.1) is 6.92 Å². The van der Waals surface area contributed by atoms with E-state index in [4.69, 9.17) is 10.6 Å². The Balaban J connectivity index is 2.11. The van der Waals surface area contributed by atoms with Crippen LogP contribution in [0.2, 0.25) is 0 Å². The highest BCUT2D eigenvalue weighted by Crippen LogP contribution is 2.22. The summed E-state index contributed by atoms with van der Waals surface area (Å²) in [5.41, 5.74) is 4.65. The van der Waals surface area contributed by atoms with Gasteiger partial charge in [-0.1, -0.05) is 40.2 Å². The molecule has 104 valence electrons. The molecule has 1 amide bonds. The molecule has 0 atom stereocenters. The fraction of sp³-hybridized carbons (Fsp3) is 0.133. The molecule has 0 unspecified atom stereocenters. The van der Waals surface area contributed by atoms with Gasteiger partial charge >= 0.3 is 0 Å². The molecule has 0 aliphatic rings. The van der Waals surface area contributed by atoms with Crippen molar-refractivity contribution in [2.75, 3.05) is 0 Å². The maximum atomic E-state index is 11.4. The smallest absolute Gasteiger partial charge is 0.265 e. The van der Waals surface area contributed by atoms with Gasteiger partial charge in [0.15, 0.2) is 0 Å². The molecular formula is C15H15BrN2O2. The molecule has 0 aliphatic carbocycles. The van der Waals surface area contributed by atoms with Crippen LogP contribution in [-0.2, 0) is 6.61 Å². The Morgan fingerprint density at radius 1 is 1.30 bits per heavy atom. The standard InChI is InChI=1S/C15H15BrN2O2/c1-10-4-2-3-5-14(10)20-9-12-7-6-11(8-13(12)16)15(19)18-17/h2-8H,9,17H2,1H3,(H,18,19). The summed E-state index contributed by atoms with van der Waals surface area (Å²) in [6, 6.07) is 13.1. The van der Waals surface area contributed by atoms with E-state index in [1.54, 1.807) is 12.1 Å². The minimum Gasteiger partial charge on any atom is -0.489 e. The lowest BCUT2D eigenvalue weighted by atomic mass is 10.1. The number of ether oxygens (including phenoxy) is 1. The third-order valence-corrected chi connectivity index (χ3v) is 3.66. The van der Waals surface area contributed by atoms with Crippen molar-refractivity contribution in [2.24, 2.45) is 5.84 Å². The number of amides is 1. The van der Waals surface area contributed by atoms with Crippen molar-refractivity contribution in [3.8, 4) is 5.75 Å². The molecule has 0 radical (unpaired) electrons. The van der Waals surface area contributed by atoms with Gasteiger partial charge in [-0.05, 0) is 30.7 Å². The predicted octanol–water partition coefficient (Wildman–Crippen LogP) is 2.94. The van der Waals surface area contributed by atoms with Crippen molar-refractivity contribution in [3.63, 3.8) is 0 Å². The lowest BCUT2D eigenvalue weighted by Gasteiger charge is -2.11. The topological polar surface area (TPSA) is 64.3 Å². The largest absolute Gasteiger partial charge is 0.489 e. The zero-order valence-corrected chi connectivity index (χ0v) is 12.6. The van der Waals surface area contributed by atoms with Gasteiger partial charge in [-0.25, -0.2) is 5.84 Å². The summed E-state index contributed by atoms with van der Waals surface area (Å²) >= 11 is 3.44. The lowest BCUT2D eigenvalue weighted by Crippen LogP contribution is -2.29. The second kappa shape index (κ2) is 6.54. The van der Waals surface area contributed by atoms with Crippen LogP contribution in [-0.4, -0.2) is 5.91 Å². The fourth-order valence-corrected chi connectivity index (χ4v) is 2.26. The summed E-state index contributed by atoms with van der Waals surface area (Å²) in [4.78, 5) is 11.4. The van der Waals surface area contributed by atoms with E-state index < -0.39 is 0 Å². The van der Waals surface area contributed by atoms with Gasteiger partial charge in [-0.3, -0.25) is 10.2 Å². The number of nitrogens with two attached hydrogens (primary N) is 1. The van der Waals surface area contributed by atoms with Crippen LogP contribution in [0.3, 0.4) is 0 Å². The molecule has 0 bridgehead atoms. The quantitative estimate of drug-likeness (QED) is 0.513. The highest BCUT2D eigenvalue weighted by atomic mass is 79.9. The van der Waals surface area contributed by atoms with Crippen LogP contribution >= 0.6 is 15.9 Å². The number of halogens is 1. The molecule has 3 N–H and O–H groups in total. The van der Waals surface area contributed by atoms with Gasteiger partial charge in [0.25, 0.3) is 5.91 Å². The van der Waals surface area contributed by atoms with Gasteiger partial charge in [0.1, 0.15) is 12.4 Å². The first-order chi connectivity index (χ1) is 9.61. The van der Waals surface area contributed by atoms with E-state index in [1.165, 1.54) is 0 Å². The number of aryl methyl sites for hydroxylation is 1. The first-order valence-corrected chi connectivity index (χ1v) is 6.89. The van der Waals surface area contributed by atoms with Crippen LogP contribution in [0.5, 0.6) is 5.75 Å². The number of para-hydroxylation sites is 1. The molecular weight excluding hydrogens is 320 g/mol. The molecule has 0 aliphatic heterocycles. The molecule has 4 nitrogen and oxygen atoms in total. The van der Waals surface area contributed by atoms with Crippen molar-refractivity contribution in [3.05, 3.63) is 63.6 Å². The maximum absolute atomic E-state index is 11.4. The van der Waals surface area contributed by atoms with Crippen molar-refractivity contribution >= 4 is 21.8 Å². The molecule has 0 saturated carbocycles. The Hall–Kier alpha value is -1.85. The van der Waals surface area contributed by atoms with Gasteiger partial charge in [0.05, 0.1) is 0 Å². The SMILES string of the molecule is Cc1ccccc1OCc1ccc(C(=O)NN)cc1Br. The molecule has 20 heavy (non-hydrogen) atoms. The minimum absolute atomic E-state index is 0.322. The number of nitrogen functional groups attached to an aromatic ring is 1. The van der Waals surface area contributed by atoms with Crippen molar-refractivity contribution < 1.29 is 9.53 Å². The van der Waals surface area contributed by atoms with Crippen molar-refractivity contribution in [1.29, 1.82) is 0 Å². The summed E-state index contributed by atoms with van der Waals surface area (Å²) in [6.45, 7) is 2.43. The van der Waals surface area contributed by atoms with Gasteiger partial charge in [0.2, 0.25) is 0 Å². The van der Waals surface area contributed by atoms with E-state index in [0.717, 1.165) is 21.3 Å². The third kappa shape index (κ3) is 3.37. The number of nitrogens with one attached hydrogen (secondary N) is 1. The first kappa shape index (κ1) is 14.6. The monoisotopic (exact) mass is 334 g/mol. The normalized spacial score (nSPS) is 10.2. The maximum Gasteiger partial charge on any atom is 0.265 e. The molecule has 0 spiro atoms. The molecule has 2 rings (SSSR count). The fourth-order valence-electron chi connectivity index (χ4n) is 1.76. The Bertz CT molecular complexity index is 629. The molecule has 5 heteroatoms. The summed E-state index contributed by atoms with van der Waals surface area (Å²) in [6.07, 6.45) is 0. The number of hydrogen-bond donors (Lipinski definition) is 2. The summed E-state index contributed by atoms with van der Waals surface area (Å²) < 4.78 is 6.59. The van der Waals surface area contributed by atoms with Gasteiger partial charge in [0, 0.05) is 15.6 Å². The molecule has 2 aromatic carbocycles. The lowest BCUT2D eigenvalue weighted by molar-refractivity contribution is 0.0953. The first-order valence-electron chi connectivity index (χ1n) is 6.09. The second-order valence-electron chi connectivity index (χ2n) is 4.33. The zero-order chi connectivity index (χ0) is 14.5. The molecule has 0 fully saturated rings. The number of carbonyl (C=O) groups excluding carboxylic acids is 1. The van der Waals surface area contributed by atoms with E-state index in [1.807, 2.05) is 37.3 Å². The molecule has 0 saturated heterocycles. The Labute approximate surface area is 126 Å². The van der Waals surface area contributed by atoms with E-state index >= 15 is 0 Å². The average Bonchev–Trinajstić information content (AvgIpc) is 2.46. The zero-order valence-electron chi connectivity index (χ0n) is 11.0. The average molecular weight is 335 g/mol.